The molecule has 1 aliphatic heterocycles. The summed E-state index contributed by atoms with van der Waals surface area (Å²) in [5, 5.41) is 9.69. The Morgan fingerprint density at radius 2 is 1.93 bits per heavy atom. The van der Waals surface area contributed by atoms with Crippen LogP contribution in [0.25, 0.3) is 0 Å². The standard InChI is InChI=1S/C11H15NO3/c1-7-4-10-11(15-3-2-14-10)5-8(7)9(13)6-12/h4-5,9,13H,2-3,6,12H2,1H3. The predicted molar refractivity (Wildman–Crippen MR) is 56.2 cm³/mol. The van der Waals surface area contributed by atoms with Crippen LogP contribution in [0.5, 0.6) is 11.5 Å². The number of rotatable bonds is 2. The lowest BCUT2D eigenvalue weighted by Gasteiger charge is -2.21. The summed E-state index contributed by atoms with van der Waals surface area (Å²) < 4.78 is 10.9. The van der Waals surface area contributed by atoms with Crippen LogP contribution >= 0.6 is 0 Å². The largest absolute Gasteiger partial charge is 0.486 e. The smallest absolute Gasteiger partial charge is 0.161 e. The zero-order chi connectivity index (χ0) is 10.8. The maximum absolute atomic E-state index is 9.69. The second-order valence-corrected chi connectivity index (χ2v) is 3.60. The van der Waals surface area contributed by atoms with E-state index in [1.807, 2.05) is 13.0 Å². The summed E-state index contributed by atoms with van der Waals surface area (Å²) in [6.07, 6.45) is -0.638. The molecule has 1 heterocycles. The summed E-state index contributed by atoms with van der Waals surface area (Å²) in [7, 11) is 0. The van der Waals surface area contributed by atoms with E-state index in [-0.39, 0.29) is 6.54 Å². The number of ether oxygens (including phenoxy) is 2. The highest BCUT2D eigenvalue weighted by molar-refractivity contribution is 5.48. The highest BCUT2D eigenvalue weighted by Crippen LogP contribution is 2.34. The molecule has 3 N–H and O–H groups in total. The van der Waals surface area contributed by atoms with Crippen molar-refractivity contribution < 1.29 is 14.6 Å². The fourth-order valence-electron chi connectivity index (χ4n) is 1.69. The number of aliphatic hydroxyl groups excluding tert-OH is 1. The van der Waals surface area contributed by atoms with E-state index in [9.17, 15) is 5.11 Å². The van der Waals surface area contributed by atoms with Crippen LogP contribution in [0.4, 0.5) is 0 Å². The first-order chi connectivity index (χ1) is 7.22. The fraction of sp³-hybridized carbons (Fsp3) is 0.455. The average molecular weight is 209 g/mol. The van der Waals surface area contributed by atoms with E-state index >= 15 is 0 Å². The first kappa shape index (κ1) is 10.3. The van der Waals surface area contributed by atoms with Gasteiger partial charge in [-0.3, -0.25) is 0 Å². The molecule has 1 atom stereocenters. The van der Waals surface area contributed by atoms with E-state index in [0.29, 0.717) is 19.0 Å². The van der Waals surface area contributed by atoms with Crippen molar-refractivity contribution in [3.63, 3.8) is 0 Å². The number of fused-ring (bicyclic) bond motifs is 1. The van der Waals surface area contributed by atoms with Gasteiger partial charge in [0.15, 0.2) is 11.5 Å². The van der Waals surface area contributed by atoms with Crippen molar-refractivity contribution in [1.29, 1.82) is 0 Å². The molecular weight excluding hydrogens is 194 g/mol. The van der Waals surface area contributed by atoms with Gasteiger partial charge in [-0.05, 0) is 30.2 Å². The molecule has 0 aromatic heterocycles. The van der Waals surface area contributed by atoms with Crippen molar-refractivity contribution in [2.75, 3.05) is 19.8 Å². The van der Waals surface area contributed by atoms with Gasteiger partial charge >= 0.3 is 0 Å². The van der Waals surface area contributed by atoms with Crippen LogP contribution in [0, 0.1) is 6.92 Å². The number of hydrogen-bond acceptors (Lipinski definition) is 4. The zero-order valence-electron chi connectivity index (χ0n) is 8.69. The SMILES string of the molecule is Cc1cc2c(cc1C(O)CN)OCCO2. The minimum absolute atomic E-state index is 0.209. The van der Waals surface area contributed by atoms with Gasteiger partial charge in [-0.2, -0.15) is 0 Å². The molecule has 0 saturated heterocycles. The van der Waals surface area contributed by atoms with Crippen molar-refractivity contribution in [3.8, 4) is 11.5 Å². The van der Waals surface area contributed by atoms with Gasteiger partial charge < -0.3 is 20.3 Å². The van der Waals surface area contributed by atoms with Gasteiger partial charge in [0.1, 0.15) is 13.2 Å². The minimum atomic E-state index is -0.638. The molecule has 15 heavy (non-hydrogen) atoms. The molecule has 0 spiro atoms. The lowest BCUT2D eigenvalue weighted by atomic mass is 10.0. The van der Waals surface area contributed by atoms with Gasteiger partial charge in [0.05, 0.1) is 6.10 Å². The third kappa shape index (κ3) is 1.91. The fourth-order valence-corrected chi connectivity index (χ4v) is 1.69. The van der Waals surface area contributed by atoms with Gasteiger partial charge in [-0.15, -0.1) is 0 Å². The Morgan fingerprint density at radius 1 is 1.33 bits per heavy atom. The van der Waals surface area contributed by atoms with Crippen LogP contribution in [0.15, 0.2) is 12.1 Å². The highest BCUT2D eigenvalue weighted by atomic mass is 16.6. The van der Waals surface area contributed by atoms with Crippen molar-refractivity contribution in [2.24, 2.45) is 5.73 Å². The lowest BCUT2D eigenvalue weighted by Crippen LogP contribution is -2.17. The summed E-state index contributed by atoms with van der Waals surface area (Å²) in [6.45, 7) is 3.26. The topological polar surface area (TPSA) is 64.7 Å². The predicted octanol–water partition coefficient (Wildman–Crippen LogP) is 0.758. The van der Waals surface area contributed by atoms with Crippen LogP contribution < -0.4 is 15.2 Å². The quantitative estimate of drug-likeness (QED) is 0.754. The molecule has 0 bridgehead atoms. The van der Waals surface area contributed by atoms with Crippen LogP contribution in [0.2, 0.25) is 0 Å². The van der Waals surface area contributed by atoms with E-state index in [0.717, 1.165) is 16.9 Å². The lowest BCUT2D eigenvalue weighted by molar-refractivity contribution is 0.166. The summed E-state index contributed by atoms with van der Waals surface area (Å²) in [5.74, 6) is 1.43. The number of hydrogen-bond donors (Lipinski definition) is 2. The van der Waals surface area contributed by atoms with E-state index in [2.05, 4.69) is 0 Å². The third-order valence-electron chi connectivity index (χ3n) is 2.51. The second-order valence-electron chi connectivity index (χ2n) is 3.60. The zero-order valence-corrected chi connectivity index (χ0v) is 8.69. The van der Waals surface area contributed by atoms with Gasteiger partial charge in [-0.25, -0.2) is 0 Å². The molecule has 0 saturated carbocycles. The van der Waals surface area contributed by atoms with Crippen LogP contribution in [-0.4, -0.2) is 24.9 Å². The summed E-state index contributed by atoms with van der Waals surface area (Å²) in [5.41, 5.74) is 7.20. The summed E-state index contributed by atoms with van der Waals surface area (Å²) in [6, 6.07) is 3.68. The monoisotopic (exact) mass is 209 g/mol. The van der Waals surface area contributed by atoms with Crippen molar-refractivity contribution in [2.45, 2.75) is 13.0 Å². The second kappa shape index (κ2) is 4.08. The molecule has 1 aromatic carbocycles. The number of aliphatic hydroxyl groups is 1. The average Bonchev–Trinajstić information content (AvgIpc) is 2.27. The molecule has 4 nitrogen and oxygen atoms in total. The molecule has 0 fully saturated rings. The number of nitrogens with two attached hydrogens (primary N) is 1. The Bertz CT molecular complexity index is 365. The minimum Gasteiger partial charge on any atom is -0.486 e. The summed E-state index contributed by atoms with van der Waals surface area (Å²) >= 11 is 0. The van der Waals surface area contributed by atoms with Crippen LogP contribution in [0.3, 0.4) is 0 Å². The van der Waals surface area contributed by atoms with Gasteiger partial charge in [0.2, 0.25) is 0 Å². The van der Waals surface area contributed by atoms with Crippen molar-refractivity contribution in [3.05, 3.63) is 23.3 Å². The van der Waals surface area contributed by atoms with E-state index in [1.54, 1.807) is 6.07 Å². The molecule has 2 rings (SSSR count). The first-order valence-electron chi connectivity index (χ1n) is 5.00. The van der Waals surface area contributed by atoms with Gasteiger partial charge in [0, 0.05) is 6.54 Å². The Balaban J connectivity index is 2.40. The Labute approximate surface area is 88.6 Å². The van der Waals surface area contributed by atoms with Crippen LogP contribution in [0.1, 0.15) is 17.2 Å². The molecule has 0 amide bonds. The Kier molecular flexibility index (Phi) is 2.79. The normalized spacial score (nSPS) is 16.2. The van der Waals surface area contributed by atoms with E-state index in [4.69, 9.17) is 15.2 Å². The van der Waals surface area contributed by atoms with Gasteiger partial charge in [0.25, 0.3) is 0 Å². The molecule has 0 aliphatic carbocycles. The molecule has 1 aromatic rings. The Hall–Kier alpha value is -1.26. The maximum atomic E-state index is 9.69. The summed E-state index contributed by atoms with van der Waals surface area (Å²) in [4.78, 5) is 0. The van der Waals surface area contributed by atoms with E-state index < -0.39 is 6.10 Å². The molecule has 82 valence electrons. The van der Waals surface area contributed by atoms with Crippen molar-refractivity contribution >= 4 is 0 Å². The van der Waals surface area contributed by atoms with Crippen LogP contribution in [-0.2, 0) is 0 Å². The van der Waals surface area contributed by atoms with Crippen molar-refractivity contribution in [1.82, 2.24) is 0 Å². The van der Waals surface area contributed by atoms with E-state index in [1.165, 1.54) is 0 Å². The Morgan fingerprint density at radius 3 is 2.53 bits per heavy atom. The molecule has 4 heteroatoms. The molecule has 1 unspecified atom stereocenters. The first-order valence-corrected chi connectivity index (χ1v) is 5.00. The maximum Gasteiger partial charge on any atom is 0.161 e. The third-order valence-corrected chi connectivity index (χ3v) is 2.51. The van der Waals surface area contributed by atoms with Gasteiger partial charge in [-0.1, -0.05) is 0 Å². The number of aryl methyl sites for hydroxylation is 1. The highest BCUT2D eigenvalue weighted by Gasteiger charge is 2.17. The molecule has 0 radical (unpaired) electrons. The molecule has 1 aliphatic rings. The molecular formula is C11H15NO3. The number of benzene rings is 1.